The van der Waals surface area contributed by atoms with Crippen molar-refractivity contribution in [1.82, 2.24) is 9.55 Å². The molecule has 3 nitrogen and oxygen atoms in total. The number of nitrogens with zero attached hydrogens (tertiary/aromatic N) is 3. The van der Waals surface area contributed by atoms with Crippen LogP contribution in [-0.4, -0.2) is 9.55 Å². The van der Waals surface area contributed by atoms with Crippen LogP contribution in [0.1, 0.15) is 11.1 Å². The van der Waals surface area contributed by atoms with Crippen molar-refractivity contribution in [2.75, 3.05) is 0 Å². The fraction of sp³-hybridized carbons (Fsp3) is 0.0588. The number of nitriles is 1. The summed E-state index contributed by atoms with van der Waals surface area (Å²) in [7, 11) is 0. The molecule has 0 bridgehead atoms. The number of aromatic nitrogens is 2. The Labute approximate surface area is 141 Å². The van der Waals surface area contributed by atoms with Crippen molar-refractivity contribution in [2.45, 2.75) is 6.54 Å². The molecule has 0 unspecified atom stereocenters. The molecule has 1 heterocycles. The summed E-state index contributed by atoms with van der Waals surface area (Å²) in [6.45, 7) is 0.648. The van der Waals surface area contributed by atoms with Crippen LogP contribution in [0.2, 0.25) is 5.02 Å². The topological polar surface area (TPSA) is 41.6 Å². The monoisotopic (exact) mass is 371 g/mol. The predicted octanol–water partition coefficient (Wildman–Crippen LogP) is 4.89. The number of halogens is 2. The molecule has 1 aromatic heterocycles. The molecule has 2 aromatic carbocycles. The highest BCUT2D eigenvalue weighted by Crippen LogP contribution is 2.27. The highest BCUT2D eigenvalue weighted by Gasteiger charge is 2.08. The van der Waals surface area contributed by atoms with Gasteiger partial charge in [-0.05, 0) is 35.9 Å². The van der Waals surface area contributed by atoms with Gasteiger partial charge in [0.2, 0.25) is 0 Å². The van der Waals surface area contributed by atoms with Gasteiger partial charge in [0.25, 0.3) is 0 Å². The van der Waals surface area contributed by atoms with Gasteiger partial charge in [-0.25, -0.2) is 4.98 Å². The minimum atomic E-state index is 0.648. The van der Waals surface area contributed by atoms with E-state index in [2.05, 4.69) is 27.0 Å². The van der Waals surface area contributed by atoms with Crippen molar-refractivity contribution >= 4 is 27.5 Å². The van der Waals surface area contributed by atoms with E-state index in [-0.39, 0.29) is 0 Å². The van der Waals surface area contributed by atoms with Crippen molar-refractivity contribution in [3.8, 4) is 17.5 Å². The second kappa shape index (κ2) is 6.35. The van der Waals surface area contributed by atoms with Gasteiger partial charge in [0.1, 0.15) is 5.82 Å². The van der Waals surface area contributed by atoms with E-state index in [0.717, 1.165) is 21.4 Å². The minimum absolute atomic E-state index is 0.648. The van der Waals surface area contributed by atoms with Gasteiger partial charge in [-0.2, -0.15) is 5.26 Å². The molecule has 0 aliphatic carbocycles. The Bertz CT molecular complexity index is 844. The zero-order valence-electron chi connectivity index (χ0n) is 11.5. The maximum atomic E-state index is 8.99. The highest BCUT2D eigenvalue weighted by atomic mass is 79.9. The molecule has 0 aliphatic rings. The third-order valence-electron chi connectivity index (χ3n) is 3.25. The summed E-state index contributed by atoms with van der Waals surface area (Å²) in [6, 6.07) is 15.4. The van der Waals surface area contributed by atoms with Crippen LogP contribution in [-0.2, 0) is 6.54 Å². The Kier molecular flexibility index (Phi) is 4.28. The first kappa shape index (κ1) is 14.8. The van der Waals surface area contributed by atoms with Crippen LogP contribution >= 0.6 is 27.5 Å². The van der Waals surface area contributed by atoms with E-state index in [4.69, 9.17) is 16.9 Å². The largest absolute Gasteiger partial charge is 0.327 e. The SMILES string of the molecule is N#Cc1cccc(Cn2ccnc2-c2cc(Cl)cc(Br)c2)c1. The standard InChI is InChI=1S/C17H11BrClN3/c18-15-7-14(8-16(19)9-15)17-21-4-5-22(17)11-13-3-1-2-12(6-13)10-20/h1-9H,11H2. The third kappa shape index (κ3) is 3.22. The summed E-state index contributed by atoms with van der Waals surface area (Å²) < 4.78 is 2.95. The smallest absolute Gasteiger partial charge is 0.140 e. The number of imidazole rings is 1. The van der Waals surface area contributed by atoms with Gasteiger partial charge in [-0.1, -0.05) is 39.7 Å². The minimum Gasteiger partial charge on any atom is -0.327 e. The van der Waals surface area contributed by atoms with Crippen molar-refractivity contribution in [1.29, 1.82) is 5.26 Å². The average molecular weight is 373 g/mol. The Morgan fingerprint density at radius 2 is 2.09 bits per heavy atom. The molecule has 0 N–H and O–H groups in total. The lowest BCUT2D eigenvalue weighted by Gasteiger charge is -2.09. The second-order valence-electron chi connectivity index (χ2n) is 4.85. The van der Waals surface area contributed by atoms with Crippen LogP contribution in [0.5, 0.6) is 0 Å². The molecule has 3 rings (SSSR count). The lowest BCUT2D eigenvalue weighted by molar-refractivity contribution is 0.807. The molecule has 0 aliphatic heterocycles. The summed E-state index contributed by atoms with van der Waals surface area (Å²) in [5.74, 6) is 0.838. The summed E-state index contributed by atoms with van der Waals surface area (Å²) in [6.07, 6.45) is 3.68. The molecule has 3 aromatic rings. The van der Waals surface area contributed by atoms with Gasteiger partial charge in [0.05, 0.1) is 11.6 Å². The normalized spacial score (nSPS) is 10.4. The van der Waals surface area contributed by atoms with Crippen LogP contribution in [0.3, 0.4) is 0 Å². The van der Waals surface area contributed by atoms with E-state index < -0.39 is 0 Å². The maximum Gasteiger partial charge on any atom is 0.140 e. The second-order valence-corrected chi connectivity index (χ2v) is 6.20. The molecule has 0 saturated carbocycles. The Balaban J connectivity index is 1.97. The number of rotatable bonds is 3. The van der Waals surface area contributed by atoms with Gasteiger partial charge < -0.3 is 4.57 Å². The van der Waals surface area contributed by atoms with Crippen LogP contribution in [0.15, 0.2) is 59.3 Å². The zero-order valence-corrected chi connectivity index (χ0v) is 13.8. The number of hydrogen-bond donors (Lipinski definition) is 0. The van der Waals surface area contributed by atoms with E-state index in [1.165, 1.54) is 0 Å². The molecule has 0 fully saturated rings. The van der Waals surface area contributed by atoms with Crippen molar-refractivity contribution < 1.29 is 0 Å². The zero-order chi connectivity index (χ0) is 15.5. The van der Waals surface area contributed by atoms with Crippen molar-refractivity contribution in [2.24, 2.45) is 0 Å². The van der Waals surface area contributed by atoms with Crippen LogP contribution in [0.25, 0.3) is 11.4 Å². The maximum absolute atomic E-state index is 8.99. The van der Waals surface area contributed by atoms with Crippen LogP contribution in [0, 0.1) is 11.3 Å². The van der Waals surface area contributed by atoms with Gasteiger partial charge in [-0.3, -0.25) is 0 Å². The van der Waals surface area contributed by atoms with Gasteiger partial charge in [0.15, 0.2) is 0 Å². The number of hydrogen-bond acceptors (Lipinski definition) is 2. The van der Waals surface area contributed by atoms with Crippen molar-refractivity contribution in [3.05, 3.63) is 75.5 Å². The Morgan fingerprint density at radius 3 is 2.86 bits per heavy atom. The fourth-order valence-corrected chi connectivity index (χ4v) is 3.18. The molecular formula is C17H11BrClN3. The highest BCUT2D eigenvalue weighted by molar-refractivity contribution is 9.10. The molecule has 0 radical (unpaired) electrons. The molecule has 108 valence electrons. The van der Waals surface area contributed by atoms with Gasteiger partial charge in [-0.15, -0.1) is 0 Å². The number of benzene rings is 2. The molecule has 5 heteroatoms. The van der Waals surface area contributed by atoms with Crippen LogP contribution < -0.4 is 0 Å². The first-order valence-electron chi connectivity index (χ1n) is 6.62. The quantitative estimate of drug-likeness (QED) is 0.657. The van der Waals surface area contributed by atoms with E-state index in [9.17, 15) is 0 Å². The first-order valence-corrected chi connectivity index (χ1v) is 7.79. The average Bonchev–Trinajstić information content (AvgIpc) is 2.94. The molecule has 0 atom stereocenters. The summed E-state index contributed by atoms with van der Waals surface area (Å²) >= 11 is 9.57. The lowest BCUT2D eigenvalue weighted by atomic mass is 10.1. The fourth-order valence-electron chi connectivity index (χ4n) is 2.32. The summed E-state index contributed by atoms with van der Waals surface area (Å²) in [5.41, 5.74) is 2.66. The molecular weight excluding hydrogens is 362 g/mol. The summed E-state index contributed by atoms with van der Waals surface area (Å²) in [5, 5.41) is 9.65. The molecule has 0 amide bonds. The van der Waals surface area contributed by atoms with Crippen molar-refractivity contribution in [3.63, 3.8) is 0 Å². The molecule has 22 heavy (non-hydrogen) atoms. The van der Waals surface area contributed by atoms with E-state index in [1.54, 1.807) is 12.3 Å². The van der Waals surface area contributed by atoms with E-state index >= 15 is 0 Å². The summed E-state index contributed by atoms with van der Waals surface area (Å²) in [4.78, 5) is 4.43. The first-order chi connectivity index (χ1) is 10.7. The van der Waals surface area contributed by atoms with Crippen LogP contribution in [0.4, 0.5) is 0 Å². The van der Waals surface area contributed by atoms with Gasteiger partial charge >= 0.3 is 0 Å². The third-order valence-corrected chi connectivity index (χ3v) is 3.92. The molecule has 0 saturated heterocycles. The predicted molar refractivity (Wildman–Crippen MR) is 90.6 cm³/mol. The van der Waals surface area contributed by atoms with E-state index in [0.29, 0.717) is 17.1 Å². The molecule has 0 spiro atoms. The van der Waals surface area contributed by atoms with E-state index in [1.807, 2.05) is 47.2 Å². The lowest BCUT2D eigenvalue weighted by Crippen LogP contribution is -2.01. The Morgan fingerprint density at radius 1 is 1.23 bits per heavy atom. The Hall–Kier alpha value is -2.09. The van der Waals surface area contributed by atoms with Gasteiger partial charge in [0, 0.05) is 34.0 Å².